The number of aromatic amines is 1. The van der Waals surface area contributed by atoms with Gasteiger partial charge in [-0.25, -0.2) is 0 Å². The maximum Gasteiger partial charge on any atom is 0.267 e. The average molecular weight is 365 g/mol. The Hall–Kier alpha value is -1.36. The highest BCUT2D eigenvalue weighted by molar-refractivity contribution is 7.99. The maximum atomic E-state index is 12.5. The minimum absolute atomic E-state index is 0.0987. The summed E-state index contributed by atoms with van der Waals surface area (Å²) in [4.78, 5) is 16.6. The van der Waals surface area contributed by atoms with Crippen molar-refractivity contribution in [1.29, 1.82) is 0 Å². The SMILES string of the molecule is O=C(NC1Cc2ccccc2C1)c1cc2c([nH]1)C(Cl)=C(Cl)CS2. The molecule has 3 nitrogen and oxygen atoms in total. The predicted molar refractivity (Wildman–Crippen MR) is 95.2 cm³/mol. The summed E-state index contributed by atoms with van der Waals surface area (Å²) in [5, 5.41) is 4.23. The largest absolute Gasteiger partial charge is 0.349 e. The van der Waals surface area contributed by atoms with Crippen LogP contribution in [0.15, 0.2) is 40.3 Å². The highest BCUT2D eigenvalue weighted by atomic mass is 35.5. The smallest absolute Gasteiger partial charge is 0.267 e. The van der Waals surface area contributed by atoms with Gasteiger partial charge in [0.15, 0.2) is 0 Å². The molecule has 118 valence electrons. The molecule has 0 saturated heterocycles. The van der Waals surface area contributed by atoms with Gasteiger partial charge in [0, 0.05) is 21.7 Å². The molecule has 1 aliphatic heterocycles. The summed E-state index contributed by atoms with van der Waals surface area (Å²) in [6.45, 7) is 0. The molecule has 1 amide bonds. The normalized spacial score (nSPS) is 17.1. The van der Waals surface area contributed by atoms with E-state index in [4.69, 9.17) is 23.2 Å². The van der Waals surface area contributed by atoms with Crippen LogP contribution in [0.1, 0.15) is 27.3 Å². The van der Waals surface area contributed by atoms with Crippen molar-refractivity contribution in [3.8, 4) is 0 Å². The number of nitrogens with one attached hydrogen (secondary N) is 2. The van der Waals surface area contributed by atoms with E-state index < -0.39 is 0 Å². The van der Waals surface area contributed by atoms with Crippen LogP contribution >= 0.6 is 35.0 Å². The molecule has 1 aromatic heterocycles. The topological polar surface area (TPSA) is 44.9 Å². The second kappa shape index (κ2) is 5.93. The minimum Gasteiger partial charge on any atom is -0.349 e. The molecule has 0 unspecified atom stereocenters. The third-order valence-electron chi connectivity index (χ3n) is 4.22. The third kappa shape index (κ3) is 2.80. The van der Waals surface area contributed by atoms with E-state index >= 15 is 0 Å². The van der Waals surface area contributed by atoms with E-state index in [9.17, 15) is 4.79 Å². The van der Waals surface area contributed by atoms with E-state index in [1.807, 2.05) is 18.2 Å². The first-order valence-electron chi connectivity index (χ1n) is 7.40. The summed E-state index contributed by atoms with van der Waals surface area (Å²) in [5.74, 6) is 0.544. The Morgan fingerprint density at radius 3 is 2.61 bits per heavy atom. The number of fused-ring (bicyclic) bond motifs is 2. The zero-order valence-corrected chi connectivity index (χ0v) is 14.5. The molecule has 0 fully saturated rings. The zero-order valence-electron chi connectivity index (χ0n) is 12.2. The lowest BCUT2D eigenvalue weighted by molar-refractivity contribution is 0.0934. The Bertz CT molecular complexity index is 803. The Morgan fingerprint density at radius 2 is 1.91 bits per heavy atom. The Kier molecular flexibility index (Phi) is 3.92. The summed E-state index contributed by atoms with van der Waals surface area (Å²) in [5.41, 5.74) is 3.91. The van der Waals surface area contributed by atoms with E-state index in [0.717, 1.165) is 23.4 Å². The van der Waals surface area contributed by atoms with E-state index in [1.54, 1.807) is 11.8 Å². The van der Waals surface area contributed by atoms with Crippen molar-refractivity contribution in [2.45, 2.75) is 23.8 Å². The lowest BCUT2D eigenvalue weighted by atomic mass is 10.1. The fourth-order valence-corrected chi connectivity index (χ4v) is 4.63. The molecule has 0 bridgehead atoms. The number of carbonyl (C=O) groups is 1. The number of amides is 1. The zero-order chi connectivity index (χ0) is 16.0. The molecule has 6 heteroatoms. The molecule has 0 saturated carbocycles. The lowest BCUT2D eigenvalue weighted by Gasteiger charge is -2.11. The number of aromatic nitrogens is 1. The quantitative estimate of drug-likeness (QED) is 0.839. The van der Waals surface area contributed by atoms with Gasteiger partial charge in [-0.3, -0.25) is 4.79 Å². The standard InChI is InChI=1S/C17H14Cl2N2OS/c18-12-8-23-14-7-13(21-16(14)15(12)19)17(22)20-11-5-9-3-1-2-4-10(9)6-11/h1-4,7,11,21H,5-6,8H2,(H,20,22). The summed E-state index contributed by atoms with van der Waals surface area (Å²) in [6, 6.07) is 10.3. The molecule has 1 aliphatic carbocycles. The van der Waals surface area contributed by atoms with Crippen LogP contribution in [-0.4, -0.2) is 22.7 Å². The Morgan fingerprint density at radius 1 is 1.22 bits per heavy atom. The predicted octanol–water partition coefficient (Wildman–Crippen LogP) is 4.16. The van der Waals surface area contributed by atoms with Gasteiger partial charge < -0.3 is 10.3 Å². The van der Waals surface area contributed by atoms with Crippen LogP contribution in [0.4, 0.5) is 0 Å². The fourth-order valence-electron chi connectivity index (χ4n) is 3.10. The van der Waals surface area contributed by atoms with E-state index in [0.29, 0.717) is 21.5 Å². The van der Waals surface area contributed by atoms with Gasteiger partial charge >= 0.3 is 0 Å². The van der Waals surface area contributed by atoms with Crippen LogP contribution < -0.4 is 5.32 Å². The van der Waals surface area contributed by atoms with Crippen molar-refractivity contribution in [3.05, 3.63) is 57.9 Å². The van der Waals surface area contributed by atoms with Crippen molar-refractivity contribution < 1.29 is 4.79 Å². The van der Waals surface area contributed by atoms with Crippen LogP contribution in [0.3, 0.4) is 0 Å². The van der Waals surface area contributed by atoms with Crippen molar-refractivity contribution in [2.24, 2.45) is 0 Å². The molecule has 2 aliphatic rings. The second-order valence-electron chi connectivity index (χ2n) is 5.78. The monoisotopic (exact) mass is 364 g/mol. The molecule has 0 radical (unpaired) electrons. The molecular weight excluding hydrogens is 351 g/mol. The van der Waals surface area contributed by atoms with Crippen LogP contribution in [0, 0.1) is 0 Å². The number of rotatable bonds is 2. The number of H-pyrrole nitrogens is 1. The van der Waals surface area contributed by atoms with Gasteiger partial charge in [-0.2, -0.15) is 0 Å². The van der Waals surface area contributed by atoms with Crippen molar-refractivity contribution in [3.63, 3.8) is 0 Å². The van der Waals surface area contributed by atoms with Gasteiger partial charge in [0.1, 0.15) is 5.69 Å². The molecule has 0 atom stereocenters. The number of benzene rings is 1. The molecular formula is C17H14Cl2N2OS. The number of halogens is 2. The average Bonchev–Trinajstić information content (AvgIpc) is 3.14. The first kappa shape index (κ1) is 15.2. The highest BCUT2D eigenvalue weighted by Gasteiger charge is 2.26. The summed E-state index contributed by atoms with van der Waals surface area (Å²) >= 11 is 13.9. The van der Waals surface area contributed by atoms with Gasteiger partial charge in [-0.15, -0.1) is 11.8 Å². The third-order valence-corrected chi connectivity index (χ3v) is 6.29. The molecule has 4 rings (SSSR count). The molecule has 23 heavy (non-hydrogen) atoms. The van der Waals surface area contributed by atoms with Gasteiger partial charge in [-0.05, 0) is 30.0 Å². The van der Waals surface area contributed by atoms with E-state index in [2.05, 4.69) is 22.4 Å². The molecule has 1 aromatic carbocycles. The first-order valence-corrected chi connectivity index (χ1v) is 9.14. The van der Waals surface area contributed by atoms with Crippen LogP contribution in [0.25, 0.3) is 5.03 Å². The summed E-state index contributed by atoms with van der Waals surface area (Å²) < 4.78 is 0. The number of hydrogen-bond acceptors (Lipinski definition) is 2. The van der Waals surface area contributed by atoms with Crippen molar-refractivity contribution in [2.75, 3.05) is 5.75 Å². The van der Waals surface area contributed by atoms with E-state index in [1.165, 1.54) is 11.1 Å². The Labute approximate surface area is 148 Å². The number of thioether (sulfide) groups is 1. The van der Waals surface area contributed by atoms with Gasteiger partial charge in [0.25, 0.3) is 5.91 Å². The molecule has 2 N–H and O–H groups in total. The van der Waals surface area contributed by atoms with Gasteiger partial charge in [-0.1, -0.05) is 47.5 Å². The summed E-state index contributed by atoms with van der Waals surface area (Å²) in [7, 11) is 0. The van der Waals surface area contributed by atoms with Crippen LogP contribution in [-0.2, 0) is 12.8 Å². The van der Waals surface area contributed by atoms with Crippen molar-refractivity contribution >= 4 is 45.9 Å². The first-order chi connectivity index (χ1) is 11.1. The van der Waals surface area contributed by atoms with Gasteiger partial charge in [0.05, 0.1) is 10.7 Å². The molecule has 2 aromatic rings. The van der Waals surface area contributed by atoms with Crippen molar-refractivity contribution in [1.82, 2.24) is 10.3 Å². The molecule has 2 heterocycles. The van der Waals surface area contributed by atoms with Crippen LogP contribution in [0.2, 0.25) is 0 Å². The van der Waals surface area contributed by atoms with Gasteiger partial charge in [0.2, 0.25) is 0 Å². The molecule has 0 spiro atoms. The second-order valence-corrected chi connectivity index (χ2v) is 7.63. The maximum absolute atomic E-state index is 12.5. The fraction of sp³-hybridized carbons (Fsp3) is 0.235. The Balaban J connectivity index is 1.50. The number of hydrogen-bond donors (Lipinski definition) is 2. The summed E-state index contributed by atoms with van der Waals surface area (Å²) in [6.07, 6.45) is 1.76. The van der Waals surface area contributed by atoms with E-state index in [-0.39, 0.29) is 11.9 Å². The van der Waals surface area contributed by atoms with Crippen LogP contribution in [0.5, 0.6) is 0 Å². The number of carbonyl (C=O) groups excluding carboxylic acids is 1. The lowest BCUT2D eigenvalue weighted by Crippen LogP contribution is -2.35. The minimum atomic E-state index is -0.0987. The highest BCUT2D eigenvalue weighted by Crippen LogP contribution is 2.40.